The number of ketones is 1. The van der Waals surface area contributed by atoms with Crippen LogP contribution in [0.2, 0.25) is 0 Å². The second kappa shape index (κ2) is 6.12. The molecule has 1 aliphatic rings. The number of aliphatic hydroxyl groups excluding tert-OH is 3. The fourth-order valence-corrected chi connectivity index (χ4v) is 2.33. The number of aliphatic hydroxyl groups is 3. The molecule has 6 nitrogen and oxygen atoms in total. The van der Waals surface area contributed by atoms with E-state index in [1.807, 2.05) is 6.26 Å². The number of carbonyl (C=O) groups excluding carboxylic acids is 1. The highest BCUT2D eigenvalue weighted by Gasteiger charge is 2.55. The van der Waals surface area contributed by atoms with Crippen LogP contribution in [-0.4, -0.2) is 70.2 Å². The summed E-state index contributed by atoms with van der Waals surface area (Å²) in [5.41, 5.74) is 3.94. The van der Waals surface area contributed by atoms with E-state index in [0.29, 0.717) is 12.2 Å². The van der Waals surface area contributed by atoms with Gasteiger partial charge in [0.1, 0.15) is 12.2 Å². The van der Waals surface area contributed by atoms with Crippen molar-refractivity contribution in [3.8, 4) is 0 Å². The van der Waals surface area contributed by atoms with Crippen molar-refractivity contribution in [1.82, 2.24) is 0 Å². The molecule has 0 aliphatic carbocycles. The van der Waals surface area contributed by atoms with Crippen LogP contribution in [0.3, 0.4) is 0 Å². The minimum Gasteiger partial charge on any atom is -0.393 e. The molecule has 0 saturated carbocycles. The molecule has 0 unspecified atom stereocenters. The van der Waals surface area contributed by atoms with E-state index in [4.69, 9.17) is 10.5 Å². The molecule has 0 aromatic carbocycles. The van der Waals surface area contributed by atoms with Gasteiger partial charge in [-0.15, -0.1) is 0 Å². The highest BCUT2D eigenvalue weighted by atomic mass is 32.2. The Morgan fingerprint density at radius 1 is 1.65 bits per heavy atom. The van der Waals surface area contributed by atoms with Gasteiger partial charge in [-0.05, 0) is 18.4 Å². The Morgan fingerprint density at radius 3 is 2.71 bits per heavy atom. The highest BCUT2D eigenvalue weighted by Crippen LogP contribution is 2.28. The number of hydrogen-bond acceptors (Lipinski definition) is 7. The smallest absolute Gasteiger partial charge is 0.186 e. The Labute approximate surface area is 104 Å². The molecule has 1 aliphatic heterocycles. The lowest BCUT2D eigenvalue weighted by Gasteiger charge is -2.30. The van der Waals surface area contributed by atoms with Crippen LogP contribution in [-0.2, 0) is 9.53 Å². The molecular weight excluding hydrogens is 246 g/mol. The quantitative estimate of drug-likeness (QED) is 0.444. The van der Waals surface area contributed by atoms with Crippen molar-refractivity contribution in [3.63, 3.8) is 0 Å². The normalized spacial score (nSPS) is 34.9. The van der Waals surface area contributed by atoms with E-state index < -0.39 is 36.2 Å². The molecule has 7 heteroatoms. The van der Waals surface area contributed by atoms with E-state index in [0.717, 1.165) is 0 Å². The summed E-state index contributed by atoms with van der Waals surface area (Å²) >= 11 is 1.55. The van der Waals surface area contributed by atoms with E-state index in [2.05, 4.69) is 0 Å². The van der Waals surface area contributed by atoms with Crippen LogP contribution in [0.15, 0.2) is 0 Å². The van der Waals surface area contributed by atoms with E-state index in [1.54, 1.807) is 11.8 Å². The van der Waals surface area contributed by atoms with E-state index in [1.165, 1.54) is 0 Å². The van der Waals surface area contributed by atoms with Gasteiger partial charge in [0.2, 0.25) is 0 Å². The molecule has 4 atom stereocenters. The van der Waals surface area contributed by atoms with Gasteiger partial charge in [0.15, 0.2) is 11.4 Å². The van der Waals surface area contributed by atoms with Gasteiger partial charge in [-0.2, -0.15) is 11.8 Å². The van der Waals surface area contributed by atoms with Crippen LogP contribution in [0.25, 0.3) is 0 Å². The Hall–Kier alpha value is -0.180. The molecule has 1 heterocycles. The second-order valence-electron chi connectivity index (χ2n) is 4.12. The van der Waals surface area contributed by atoms with Crippen LogP contribution in [0, 0.1) is 0 Å². The van der Waals surface area contributed by atoms with Crippen molar-refractivity contribution >= 4 is 17.5 Å². The molecular formula is C10H19NO5S. The molecule has 0 radical (unpaired) electrons. The summed E-state index contributed by atoms with van der Waals surface area (Å²) in [6.07, 6.45) is -0.267. The molecule has 0 aromatic heterocycles. The molecule has 100 valence electrons. The number of nitrogens with two attached hydrogens (primary N) is 1. The van der Waals surface area contributed by atoms with Crippen molar-refractivity contribution < 1.29 is 24.9 Å². The van der Waals surface area contributed by atoms with Gasteiger partial charge in [-0.3, -0.25) is 4.79 Å². The predicted molar refractivity (Wildman–Crippen MR) is 63.8 cm³/mol. The Morgan fingerprint density at radius 2 is 2.29 bits per heavy atom. The van der Waals surface area contributed by atoms with E-state index in [-0.39, 0.29) is 6.61 Å². The number of ether oxygens (including phenoxy) is 1. The Kier molecular flexibility index (Phi) is 5.36. The standard InChI is InChI=1S/C10H19NO5S/c1-17-3-2-6(11)8(14)10(5-12)9(15)7(13)4-16-10/h6-7,9,12-13,15H,2-5,11H2,1H3/t6-,7-,9-,10-/m0/s1. The first-order valence-electron chi connectivity index (χ1n) is 5.39. The third-order valence-electron chi connectivity index (χ3n) is 2.98. The number of rotatable bonds is 6. The van der Waals surface area contributed by atoms with Crippen LogP contribution in [0.1, 0.15) is 6.42 Å². The van der Waals surface area contributed by atoms with Gasteiger partial charge in [-0.25, -0.2) is 0 Å². The molecule has 1 saturated heterocycles. The van der Waals surface area contributed by atoms with Crippen molar-refractivity contribution in [3.05, 3.63) is 0 Å². The molecule has 1 fully saturated rings. The molecule has 1 rings (SSSR count). The van der Waals surface area contributed by atoms with Crippen molar-refractivity contribution in [2.45, 2.75) is 30.3 Å². The van der Waals surface area contributed by atoms with Gasteiger partial charge in [0, 0.05) is 0 Å². The first-order chi connectivity index (χ1) is 7.99. The number of hydrogen-bond donors (Lipinski definition) is 4. The predicted octanol–water partition coefficient (Wildman–Crippen LogP) is -1.88. The van der Waals surface area contributed by atoms with Crippen molar-refractivity contribution in [1.29, 1.82) is 0 Å². The molecule has 5 N–H and O–H groups in total. The van der Waals surface area contributed by atoms with Crippen LogP contribution in [0.5, 0.6) is 0 Å². The van der Waals surface area contributed by atoms with Gasteiger partial charge in [0.25, 0.3) is 0 Å². The average molecular weight is 265 g/mol. The van der Waals surface area contributed by atoms with Gasteiger partial charge in [-0.1, -0.05) is 0 Å². The molecule has 0 spiro atoms. The van der Waals surface area contributed by atoms with Crippen LogP contribution in [0.4, 0.5) is 0 Å². The summed E-state index contributed by atoms with van der Waals surface area (Å²) in [6.45, 7) is -0.861. The molecule has 0 aromatic rings. The van der Waals surface area contributed by atoms with Gasteiger partial charge in [0.05, 0.1) is 19.3 Å². The largest absolute Gasteiger partial charge is 0.393 e. The number of thioether (sulfide) groups is 1. The lowest BCUT2D eigenvalue weighted by Crippen LogP contribution is -2.58. The number of Topliss-reactive ketones (excluding diaryl/α,β-unsaturated/α-hetero) is 1. The molecule has 0 amide bonds. The van der Waals surface area contributed by atoms with Crippen molar-refractivity contribution in [2.75, 3.05) is 25.2 Å². The summed E-state index contributed by atoms with van der Waals surface area (Å²) in [5, 5.41) is 28.4. The fourth-order valence-electron chi connectivity index (χ4n) is 1.85. The SMILES string of the molecule is CSCC[C@H](N)C(=O)[C@]1(CO)OC[C@H](O)[C@@H]1O. The van der Waals surface area contributed by atoms with Gasteiger partial charge >= 0.3 is 0 Å². The lowest BCUT2D eigenvalue weighted by atomic mass is 9.87. The fraction of sp³-hybridized carbons (Fsp3) is 0.900. The maximum absolute atomic E-state index is 12.1. The van der Waals surface area contributed by atoms with Gasteiger partial charge < -0.3 is 25.8 Å². The topological polar surface area (TPSA) is 113 Å². The zero-order valence-corrected chi connectivity index (χ0v) is 10.5. The van der Waals surface area contributed by atoms with E-state index in [9.17, 15) is 20.1 Å². The minimum absolute atomic E-state index is 0.178. The average Bonchev–Trinajstić information content (AvgIpc) is 2.63. The Balaban J connectivity index is 2.76. The summed E-state index contributed by atoms with van der Waals surface area (Å²) in [5.74, 6) is 0.144. The van der Waals surface area contributed by atoms with Crippen molar-refractivity contribution in [2.24, 2.45) is 5.73 Å². The highest BCUT2D eigenvalue weighted by molar-refractivity contribution is 7.98. The van der Waals surface area contributed by atoms with Crippen LogP contribution < -0.4 is 5.73 Å². The summed E-state index contributed by atoms with van der Waals surface area (Å²) < 4.78 is 5.09. The first-order valence-corrected chi connectivity index (χ1v) is 6.78. The Bertz CT molecular complexity index is 277. The van der Waals surface area contributed by atoms with Crippen LogP contribution >= 0.6 is 11.8 Å². The number of carbonyl (C=O) groups is 1. The molecule has 0 bridgehead atoms. The third kappa shape index (κ3) is 2.81. The summed E-state index contributed by atoms with van der Waals surface area (Å²) in [7, 11) is 0. The van der Waals surface area contributed by atoms with E-state index >= 15 is 0 Å². The zero-order chi connectivity index (χ0) is 13.1. The third-order valence-corrected chi connectivity index (χ3v) is 3.62. The second-order valence-corrected chi connectivity index (χ2v) is 5.11. The maximum Gasteiger partial charge on any atom is 0.186 e. The monoisotopic (exact) mass is 265 g/mol. The maximum atomic E-state index is 12.1. The zero-order valence-electron chi connectivity index (χ0n) is 9.70. The summed E-state index contributed by atoms with van der Waals surface area (Å²) in [4.78, 5) is 12.1. The first kappa shape index (κ1) is 14.9. The molecule has 17 heavy (non-hydrogen) atoms. The summed E-state index contributed by atoms with van der Waals surface area (Å²) in [6, 6.07) is -0.811. The lowest BCUT2D eigenvalue weighted by molar-refractivity contribution is -0.156. The minimum atomic E-state index is -1.77.